The Morgan fingerprint density at radius 3 is 2.08 bits per heavy atom. The Bertz CT molecular complexity index is 3050. The first-order valence-corrected chi connectivity index (χ1v) is 34.5. The lowest BCUT2D eigenvalue weighted by atomic mass is 9.72. The third kappa shape index (κ3) is 17.7. The van der Waals surface area contributed by atoms with E-state index < -0.39 is 159 Å². The number of fused-ring (bicyclic) bond motifs is 2. The normalized spacial score (nSPS) is 29.8. The van der Waals surface area contributed by atoms with E-state index in [0.29, 0.717) is 5.92 Å². The van der Waals surface area contributed by atoms with Gasteiger partial charge in [0.1, 0.15) is 40.2 Å². The smallest absolute Gasteiger partial charge is 0.248 e. The molecule has 13 atom stereocenters. The van der Waals surface area contributed by atoms with Crippen molar-refractivity contribution in [1.82, 2.24) is 51.9 Å². The summed E-state index contributed by atoms with van der Waals surface area (Å²) in [5.74, 6) is -6.43. The van der Waals surface area contributed by atoms with Gasteiger partial charge in [0, 0.05) is 75.8 Å². The number of aromatic nitrogens is 2. The number of nitrogens with one attached hydrogen (secondary N) is 6. The Labute approximate surface area is 557 Å². The first-order valence-electron chi connectivity index (χ1n) is 33.7. The summed E-state index contributed by atoms with van der Waals surface area (Å²) in [5.41, 5.74) is 2.40. The van der Waals surface area contributed by atoms with Crippen molar-refractivity contribution in [3.8, 4) is 22.1 Å². The standard InChI is InChI=1S/C66H99N11O17S/c1-36-32-77-56(57(36)86)61(90)69-31-45(81)28-47(68-30-38-10-13-40(14-11-38)62-73-74-63(95-62)41-15-17-44(18-16-41)75-24-21-66(94-4,22-25-75)42-8-6-5-7-9-42)58(87)70-53(37(2)80)64(91)76-33-46(82)29-48(76)59(88)71-54(51(85)26-39-12-19-49(83)52(27-39)93-3)60(89)72-55(65(77)92)50(84)20-23-67-43(34-78)35-79/h12,15-19,27,36-38,40,42-43,45-48,50-51,53-57,67-68,78-86H,5-11,13-14,20-26,28-35H2,1-4H3,(H,69,90)(H,70,87)(H,71,88)(H,72,89)/t36-,37+,38?,40?,45+,46+,47?,48-,50+,51+,53-,54-,55-,56-,57-/m0/s1. The summed E-state index contributed by atoms with van der Waals surface area (Å²) in [6.45, 7) is 2.54. The molecule has 28 nitrogen and oxygen atoms in total. The molecule has 5 heterocycles. The molecule has 2 aliphatic carbocycles. The van der Waals surface area contributed by atoms with Gasteiger partial charge in [-0.2, -0.15) is 0 Å². The first-order chi connectivity index (χ1) is 45.5. The minimum Gasteiger partial charge on any atom is -0.504 e. The molecule has 4 aliphatic heterocycles. The summed E-state index contributed by atoms with van der Waals surface area (Å²) >= 11 is 1.57. The van der Waals surface area contributed by atoms with Crippen LogP contribution in [0.4, 0.5) is 5.69 Å². The van der Waals surface area contributed by atoms with Crippen molar-refractivity contribution in [3.63, 3.8) is 0 Å². The summed E-state index contributed by atoms with van der Waals surface area (Å²) in [5, 5.41) is 126. The van der Waals surface area contributed by atoms with Crippen molar-refractivity contribution in [1.29, 1.82) is 0 Å². The number of methoxy groups -OCH3 is 2. The molecule has 29 heteroatoms. The Hall–Kier alpha value is -6.22. The molecule has 0 radical (unpaired) electrons. The number of anilines is 1. The van der Waals surface area contributed by atoms with Crippen molar-refractivity contribution in [3.05, 3.63) is 53.0 Å². The quantitative estimate of drug-likeness (QED) is 0.0638. The average Bonchev–Trinajstić information content (AvgIpc) is 1.78. The van der Waals surface area contributed by atoms with E-state index in [0.717, 1.165) is 77.0 Å². The Kier molecular flexibility index (Phi) is 25.6. The maximum absolute atomic E-state index is 15.0. The number of aliphatic hydroxyl groups is 8. The largest absolute Gasteiger partial charge is 0.504 e. The van der Waals surface area contributed by atoms with E-state index in [4.69, 9.17) is 9.47 Å². The number of aliphatic hydroxyl groups excluding tert-OH is 8. The number of amides is 6. The lowest BCUT2D eigenvalue weighted by molar-refractivity contribution is -0.147. The topological polar surface area (TPSA) is 411 Å². The van der Waals surface area contributed by atoms with E-state index in [9.17, 15) is 74.7 Å². The van der Waals surface area contributed by atoms with Gasteiger partial charge < -0.3 is 102 Å². The Balaban J connectivity index is 0.919. The van der Waals surface area contributed by atoms with Crippen LogP contribution in [0.15, 0.2) is 42.5 Å². The number of piperidine rings is 1. The number of nitrogens with zero attached hydrogens (tertiary/aromatic N) is 5. The molecular formula is C66H99N11O17S. The molecule has 2 aromatic carbocycles. The van der Waals surface area contributed by atoms with Gasteiger partial charge in [0.25, 0.3) is 0 Å². The lowest BCUT2D eigenvalue weighted by Gasteiger charge is -2.47. The van der Waals surface area contributed by atoms with Crippen LogP contribution in [-0.2, 0) is 39.9 Å². The average molecular weight is 1350 g/mol. The second-order valence-electron chi connectivity index (χ2n) is 27.0. The number of benzene rings is 2. The SMILES string of the molecule is COc1cc(C[C@@H](O)[C@@H]2NC(=O)[C@@H]3C[C@@H](O)CN3C(=O)[C@H]([C@@H](C)O)NC(=O)C(NCC3CCC(c4nnc(-c5ccc(N6CCC(OC)(C7CCCCC7)CC6)cc5)s4)CC3)C[C@@H](O)CNC(=O)[C@@H]3[C@@H](O)[C@@H](C)CN3C(=O)[C@H]([C@H](O)CCNC(CO)CO)NC2=O)ccc1O. The highest BCUT2D eigenvalue weighted by Crippen LogP contribution is 2.43. The number of phenols is 1. The molecule has 6 amide bonds. The number of carbonyl (C=O) groups is 6. The fourth-order valence-electron chi connectivity index (χ4n) is 14.8. The number of aromatic hydroxyl groups is 1. The highest BCUT2D eigenvalue weighted by atomic mass is 32.1. The van der Waals surface area contributed by atoms with Crippen LogP contribution in [0, 0.1) is 17.8 Å². The first kappa shape index (κ1) is 73.0. The summed E-state index contributed by atoms with van der Waals surface area (Å²) in [7, 11) is 3.17. The molecule has 0 bridgehead atoms. The zero-order valence-electron chi connectivity index (χ0n) is 54.8. The maximum atomic E-state index is 15.0. The molecule has 9 rings (SSSR count). The summed E-state index contributed by atoms with van der Waals surface area (Å²) in [6, 6.07) is 1.45. The number of hydrogen-bond donors (Lipinski definition) is 15. The molecular weight excluding hydrogens is 1250 g/mol. The molecule has 526 valence electrons. The predicted octanol–water partition coefficient (Wildman–Crippen LogP) is -1.10. The van der Waals surface area contributed by atoms with Crippen LogP contribution >= 0.6 is 11.3 Å². The van der Waals surface area contributed by atoms with Gasteiger partial charge >= 0.3 is 0 Å². The van der Waals surface area contributed by atoms with Crippen LogP contribution in [0.2, 0.25) is 0 Å². The molecule has 15 N–H and O–H groups in total. The van der Waals surface area contributed by atoms with E-state index >= 15 is 0 Å². The van der Waals surface area contributed by atoms with Gasteiger partial charge in [-0.25, -0.2) is 0 Å². The van der Waals surface area contributed by atoms with Crippen LogP contribution in [0.3, 0.4) is 0 Å². The third-order valence-corrected chi connectivity index (χ3v) is 21.7. The summed E-state index contributed by atoms with van der Waals surface area (Å²) in [4.78, 5) is 92.6. The lowest BCUT2D eigenvalue weighted by Crippen LogP contribution is -2.64. The van der Waals surface area contributed by atoms with E-state index in [1.165, 1.54) is 70.0 Å². The van der Waals surface area contributed by atoms with Gasteiger partial charge in [0.2, 0.25) is 35.4 Å². The van der Waals surface area contributed by atoms with Gasteiger partial charge in [0.05, 0.1) is 74.6 Å². The number of phenolic OH excluding ortho intramolecular Hbond substituents is 1. The molecule has 4 saturated heterocycles. The third-order valence-electron chi connectivity index (χ3n) is 20.6. The van der Waals surface area contributed by atoms with Gasteiger partial charge in [-0.1, -0.05) is 43.6 Å². The highest BCUT2D eigenvalue weighted by Gasteiger charge is 2.50. The van der Waals surface area contributed by atoms with Crippen molar-refractivity contribution < 1.29 is 84.2 Å². The Morgan fingerprint density at radius 2 is 1.42 bits per heavy atom. The number of rotatable bonds is 20. The number of ether oxygens (including phenoxy) is 2. The molecule has 1 aromatic heterocycles. The van der Waals surface area contributed by atoms with Crippen LogP contribution in [0.1, 0.15) is 120 Å². The Morgan fingerprint density at radius 1 is 0.747 bits per heavy atom. The second-order valence-corrected chi connectivity index (χ2v) is 28.1. The molecule has 6 fully saturated rings. The van der Waals surface area contributed by atoms with Crippen LogP contribution in [0.5, 0.6) is 11.5 Å². The van der Waals surface area contributed by atoms with Crippen molar-refractivity contribution in [2.45, 2.75) is 201 Å². The monoisotopic (exact) mass is 1350 g/mol. The maximum Gasteiger partial charge on any atom is 0.248 e. The molecule has 0 spiro atoms. The summed E-state index contributed by atoms with van der Waals surface area (Å²) < 4.78 is 11.5. The summed E-state index contributed by atoms with van der Waals surface area (Å²) in [6.07, 6.45) is 0.205. The molecule has 95 heavy (non-hydrogen) atoms. The second kappa shape index (κ2) is 33.4. The van der Waals surface area contributed by atoms with Crippen molar-refractivity contribution in [2.24, 2.45) is 17.8 Å². The van der Waals surface area contributed by atoms with Gasteiger partial charge in [-0.05, 0) is 138 Å². The minimum absolute atomic E-state index is 0.0000358. The van der Waals surface area contributed by atoms with Crippen molar-refractivity contribution >= 4 is 52.5 Å². The molecule has 6 aliphatic rings. The van der Waals surface area contributed by atoms with E-state index in [1.807, 2.05) is 7.11 Å². The highest BCUT2D eigenvalue weighted by molar-refractivity contribution is 7.14. The number of carbonyl (C=O) groups excluding carboxylic acids is 6. The van der Waals surface area contributed by atoms with Gasteiger partial charge in [0.15, 0.2) is 11.5 Å². The van der Waals surface area contributed by atoms with E-state index in [2.05, 4.69) is 71.3 Å². The molecule has 3 aromatic rings. The van der Waals surface area contributed by atoms with Crippen LogP contribution in [0.25, 0.3) is 10.6 Å². The number of hydrogen-bond acceptors (Lipinski definition) is 23. The fraction of sp³-hybridized carbons (Fsp3) is 0.697. The fourth-order valence-corrected chi connectivity index (χ4v) is 15.8. The van der Waals surface area contributed by atoms with Gasteiger partial charge in [-0.15, -0.1) is 10.2 Å². The minimum atomic E-state index is -2.03. The molecule has 1 unspecified atom stereocenters. The van der Waals surface area contributed by atoms with E-state index in [-0.39, 0.29) is 67.0 Å². The molecule has 2 saturated carbocycles. The predicted molar refractivity (Wildman–Crippen MR) is 348 cm³/mol. The zero-order valence-corrected chi connectivity index (χ0v) is 55.6. The van der Waals surface area contributed by atoms with Crippen molar-refractivity contribution in [2.75, 3.05) is 78.1 Å². The van der Waals surface area contributed by atoms with Crippen LogP contribution < -0.4 is 41.5 Å². The van der Waals surface area contributed by atoms with Gasteiger partial charge in [-0.3, -0.25) is 28.8 Å². The van der Waals surface area contributed by atoms with E-state index in [1.54, 1.807) is 18.3 Å². The van der Waals surface area contributed by atoms with Crippen LogP contribution in [-0.4, -0.2) is 259 Å². The number of β-amino-alcohol motifs (C(OH)–C–C–N with tert-alkyl or cyclic N) is 1. The zero-order chi connectivity index (χ0) is 68.3.